The minimum atomic E-state index is -3.82. The molecule has 6 heteroatoms. The van der Waals surface area contributed by atoms with Crippen LogP contribution in [0.25, 0.3) is 11.3 Å². The maximum atomic E-state index is 13.6. The number of carbonyl (C=O) groups is 1. The zero-order chi connectivity index (χ0) is 21.8. The van der Waals surface area contributed by atoms with E-state index in [2.05, 4.69) is 23.2 Å². The fraction of sp³-hybridized carbons (Fsp3) is 0.280. The van der Waals surface area contributed by atoms with Gasteiger partial charge in [-0.25, -0.2) is 13.6 Å². The number of primary sulfonamides is 1. The van der Waals surface area contributed by atoms with Gasteiger partial charge in [-0.2, -0.15) is 0 Å². The summed E-state index contributed by atoms with van der Waals surface area (Å²) in [4.78, 5) is 18.1. The second-order valence-corrected chi connectivity index (χ2v) is 10.1. The number of hydrogen-bond donors (Lipinski definition) is 1. The molecule has 0 spiro atoms. The highest BCUT2D eigenvalue weighted by Crippen LogP contribution is 2.42. The lowest BCUT2D eigenvalue weighted by atomic mass is 9.85. The Labute approximate surface area is 182 Å². The van der Waals surface area contributed by atoms with Gasteiger partial charge in [-0.1, -0.05) is 24.3 Å². The molecule has 2 aliphatic rings. The highest BCUT2D eigenvalue weighted by molar-refractivity contribution is 7.89. The van der Waals surface area contributed by atoms with Gasteiger partial charge in [0.1, 0.15) is 5.78 Å². The Morgan fingerprint density at radius 2 is 1.81 bits per heavy atom. The summed E-state index contributed by atoms with van der Waals surface area (Å²) in [6, 6.07) is 15.6. The Morgan fingerprint density at radius 1 is 1.03 bits per heavy atom. The number of pyridine rings is 1. The molecule has 5 nitrogen and oxygen atoms in total. The quantitative estimate of drug-likeness (QED) is 0.680. The number of carbonyl (C=O) groups excluding carboxylic acids is 1. The molecule has 0 fully saturated rings. The van der Waals surface area contributed by atoms with Gasteiger partial charge in [0.15, 0.2) is 0 Å². The smallest absolute Gasteiger partial charge is 0.238 e. The first-order valence-electron chi connectivity index (χ1n) is 10.5. The van der Waals surface area contributed by atoms with Gasteiger partial charge in [0.25, 0.3) is 0 Å². The number of nitrogens with two attached hydrogens (primary N) is 1. The molecule has 2 aliphatic carbocycles. The lowest BCUT2D eigenvalue weighted by molar-refractivity contribution is -0.124. The van der Waals surface area contributed by atoms with Gasteiger partial charge < -0.3 is 0 Å². The van der Waals surface area contributed by atoms with E-state index in [1.54, 1.807) is 19.2 Å². The van der Waals surface area contributed by atoms with Crippen LogP contribution in [0, 0.1) is 12.8 Å². The van der Waals surface area contributed by atoms with Crippen molar-refractivity contribution in [2.75, 3.05) is 0 Å². The molecule has 2 N–H and O–H groups in total. The Balaban J connectivity index is 1.43. The van der Waals surface area contributed by atoms with Crippen LogP contribution < -0.4 is 5.14 Å². The predicted octanol–water partition coefficient (Wildman–Crippen LogP) is 3.72. The summed E-state index contributed by atoms with van der Waals surface area (Å²) in [6.07, 6.45) is 4.76. The number of ketones is 1. The standard InChI is InChI=1S/C25H24N2O3S/c1-15-23(31(26,29)30)10-8-16-7-9-21(24(15)16)25(28)20-12-17-5-6-18(13-19(17)14-20)22-4-2-3-11-27-22/h2-6,8,10-11,13,20-21H,7,9,12,14H2,1H3,(H2,26,29,30). The third-order valence-corrected chi connectivity index (χ3v) is 7.81. The van der Waals surface area contributed by atoms with Crippen molar-refractivity contribution >= 4 is 15.8 Å². The summed E-state index contributed by atoms with van der Waals surface area (Å²) in [6.45, 7) is 1.77. The lowest BCUT2D eigenvalue weighted by Gasteiger charge is -2.18. The molecule has 31 heavy (non-hydrogen) atoms. The Kier molecular flexibility index (Phi) is 4.79. The molecule has 0 aliphatic heterocycles. The Hall–Kier alpha value is -2.83. The summed E-state index contributed by atoms with van der Waals surface area (Å²) in [5, 5.41) is 5.40. The van der Waals surface area contributed by atoms with Crippen LogP contribution in [0.2, 0.25) is 0 Å². The first-order valence-corrected chi connectivity index (χ1v) is 12.1. The number of Topliss-reactive ketones (excluding diaryl/α,β-unsaturated/α-hetero) is 1. The van der Waals surface area contributed by atoms with Crippen LogP contribution in [-0.2, 0) is 34.1 Å². The van der Waals surface area contributed by atoms with Gasteiger partial charge in [-0.05, 0) is 84.7 Å². The first-order chi connectivity index (χ1) is 14.8. The molecule has 2 unspecified atom stereocenters. The fourth-order valence-corrected chi connectivity index (χ4v) is 6.10. The zero-order valence-electron chi connectivity index (χ0n) is 17.3. The molecule has 1 aromatic heterocycles. The normalized spacial score (nSPS) is 19.8. The van der Waals surface area contributed by atoms with Gasteiger partial charge in [0.2, 0.25) is 10.0 Å². The van der Waals surface area contributed by atoms with E-state index < -0.39 is 10.0 Å². The molecule has 2 atom stereocenters. The van der Waals surface area contributed by atoms with Crippen molar-refractivity contribution < 1.29 is 13.2 Å². The average molecular weight is 433 g/mol. The minimum Gasteiger partial charge on any atom is -0.299 e. The molecule has 0 radical (unpaired) electrons. The molecule has 0 bridgehead atoms. The Bertz CT molecular complexity index is 1300. The number of fused-ring (bicyclic) bond motifs is 2. The number of nitrogens with zero attached hydrogens (tertiary/aromatic N) is 1. The summed E-state index contributed by atoms with van der Waals surface area (Å²) >= 11 is 0. The van der Waals surface area contributed by atoms with Gasteiger partial charge in [0, 0.05) is 23.6 Å². The molecule has 0 amide bonds. The van der Waals surface area contributed by atoms with Crippen molar-refractivity contribution in [3.05, 3.63) is 82.5 Å². The van der Waals surface area contributed by atoms with Crippen LogP contribution in [0.15, 0.2) is 59.6 Å². The highest BCUT2D eigenvalue weighted by atomic mass is 32.2. The minimum absolute atomic E-state index is 0.0810. The molecule has 5 rings (SSSR count). The number of aryl methyl sites for hydroxylation is 1. The van der Waals surface area contributed by atoms with Crippen LogP contribution in [0.3, 0.4) is 0 Å². The van der Waals surface area contributed by atoms with E-state index >= 15 is 0 Å². The lowest BCUT2D eigenvalue weighted by Crippen LogP contribution is -2.22. The van der Waals surface area contributed by atoms with E-state index in [1.807, 2.05) is 24.3 Å². The summed E-state index contributed by atoms with van der Waals surface area (Å²) in [5.74, 6) is -0.127. The van der Waals surface area contributed by atoms with Crippen molar-refractivity contribution in [1.82, 2.24) is 4.98 Å². The second-order valence-electron chi connectivity index (χ2n) is 8.60. The van der Waals surface area contributed by atoms with E-state index in [-0.39, 0.29) is 22.5 Å². The number of aromatic nitrogens is 1. The number of benzene rings is 2. The highest BCUT2D eigenvalue weighted by Gasteiger charge is 2.37. The molecule has 1 heterocycles. The second kappa shape index (κ2) is 7.39. The van der Waals surface area contributed by atoms with Crippen LogP contribution in [0.1, 0.15) is 40.2 Å². The van der Waals surface area contributed by atoms with Gasteiger partial charge >= 0.3 is 0 Å². The fourth-order valence-electron chi connectivity index (χ4n) is 5.30. The van der Waals surface area contributed by atoms with Gasteiger partial charge in [-0.15, -0.1) is 0 Å². The molecule has 0 saturated carbocycles. The third-order valence-electron chi connectivity index (χ3n) is 6.76. The molecular weight excluding hydrogens is 408 g/mol. The van der Waals surface area contributed by atoms with Crippen LogP contribution >= 0.6 is 0 Å². The van der Waals surface area contributed by atoms with Crippen LogP contribution in [0.5, 0.6) is 0 Å². The number of rotatable bonds is 4. The molecule has 3 aromatic rings. The topological polar surface area (TPSA) is 90.1 Å². The first kappa shape index (κ1) is 20.1. The van der Waals surface area contributed by atoms with Crippen LogP contribution in [-0.4, -0.2) is 19.2 Å². The monoisotopic (exact) mass is 432 g/mol. The SMILES string of the molecule is Cc1c(S(N)(=O)=O)ccc2c1C(C(=O)C1Cc3ccc(-c4ccccn4)cc3C1)CC2. The maximum Gasteiger partial charge on any atom is 0.238 e. The van der Waals surface area contributed by atoms with Crippen LogP contribution in [0.4, 0.5) is 0 Å². The Morgan fingerprint density at radius 3 is 2.55 bits per heavy atom. The molecule has 0 saturated heterocycles. The zero-order valence-corrected chi connectivity index (χ0v) is 18.2. The predicted molar refractivity (Wildman–Crippen MR) is 119 cm³/mol. The average Bonchev–Trinajstić information content (AvgIpc) is 3.37. The summed E-state index contributed by atoms with van der Waals surface area (Å²) < 4.78 is 23.9. The van der Waals surface area contributed by atoms with E-state index in [0.29, 0.717) is 12.0 Å². The van der Waals surface area contributed by atoms with Gasteiger partial charge in [0.05, 0.1) is 10.6 Å². The van der Waals surface area contributed by atoms with Crippen molar-refractivity contribution in [3.63, 3.8) is 0 Å². The molecule has 2 aromatic carbocycles. The third kappa shape index (κ3) is 3.50. The van der Waals surface area contributed by atoms with E-state index in [0.717, 1.165) is 41.6 Å². The van der Waals surface area contributed by atoms with E-state index in [9.17, 15) is 13.2 Å². The maximum absolute atomic E-state index is 13.6. The number of sulfonamides is 1. The largest absolute Gasteiger partial charge is 0.299 e. The summed E-state index contributed by atoms with van der Waals surface area (Å²) in [5.41, 5.74) is 6.98. The molecular formula is C25H24N2O3S. The van der Waals surface area contributed by atoms with Crippen molar-refractivity contribution in [2.45, 2.75) is 43.4 Å². The summed E-state index contributed by atoms with van der Waals surface area (Å²) in [7, 11) is -3.82. The number of hydrogen-bond acceptors (Lipinski definition) is 4. The molecule has 158 valence electrons. The van der Waals surface area contributed by atoms with Crippen molar-refractivity contribution in [2.24, 2.45) is 11.1 Å². The van der Waals surface area contributed by atoms with E-state index in [4.69, 9.17) is 5.14 Å². The van der Waals surface area contributed by atoms with E-state index in [1.165, 1.54) is 11.1 Å². The van der Waals surface area contributed by atoms with Gasteiger partial charge in [-0.3, -0.25) is 9.78 Å². The van der Waals surface area contributed by atoms with Crippen molar-refractivity contribution in [3.8, 4) is 11.3 Å². The van der Waals surface area contributed by atoms with Crippen molar-refractivity contribution in [1.29, 1.82) is 0 Å².